The summed E-state index contributed by atoms with van der Waals surface area (Å²) in [5.41, 5.74) is 2.11. The first-order valence-electron chi connectivity index (χ1n) is 13.2. The van der Waals surface area contributed by atoms with Gasteiger partial charge in [0.15, 0.2) is 0 Å². The van der Waals surface area contributed by atoms with Crippen molar-refractivity contribution < 1.29 is 19.1 Å². The van der Waals surface area contributed by atoms with Gasteiger partial charge < -0.3 is 20.3 Å². The molecule has 7 nitrogen and oxygen atoms in total. The average molecular weight is 518 g/mol. The molecule has 1 aromatic rings. The number of amides is 3. The van der Waals surface area contributed by atoms with Crippen LogP contribution >= 0.6 is 12.6 Å². The summed E-state index contributed by atoms with van der Waals surface area (Å²) in [6, 6.07) is 4.37. The second kappa shape index (κ2) is 11.9. The lowest BCUT2D eigenvalue weighted by Gasteiger charge is -2.36. The lowest BCUT2D eigenvalue weighted by atomic mass is 9.93. The summed E-state index contributed by atoms with van der Waals surface area (Å²) in [5, 5.41) is 5.95. The van der Waals surface area contributed by atoms with Gasteiger partial charge in [-0.05, 0) is 70.9 Å². The Bertz CT molecular complexity index is 955. The predicted octanol–water partition coefficient (Wildman–Crippen LogP) is 4.85. The molecule has 2 aliphatic carbocycles. The zero-order chi connectivity index (χ0) is 26.6. The van der Waals surface area contributed by atoms with Crippen molar-refractivity contribution in [1.29, 1.82) is 0 Å². The molecule has 8 heteroatoms. The third kappa shape index (κ3) is 7.40. The number of carbonyl (C=O) groups is 3. The molecule has 2 saturated carbocycles. The highest BCUT2D eigenvalue weighted by molar-refractivity contribution is 7.80. The van der Waals surface area contributed by atoms with Crippen LogP contribution in [0, 0.1) is 19.8 Å². The summed E-state index contributed by atoms with van der Waals surface area (Å²) in [6.45, 7) is 11.4. The standard InChI is InChI=1S/C28H43N3O4S/c1-17-12-13-18(2)21(14-17)24(25(32)29-20-10-8-7-9-11-20)31(23-15-19(23)3)26(33)22(16-36)30-27(34)35-28(4,5)6/h12-14,19-20,22-24,36H,7-11,15-16H2,1-6H3,(H,29,32)(H,30,34). The van der Waals surface area contributed by atoms with Gasteiger partial charge in [0.1, 0.15) is 17.7 Å². The van der Waals surface area contributed by atoms with Crippen LogP contribution in [0.2, 0.25) is 0 Å². The molecule has 0 bridgehead atoms. The lowest BCUT2D eigenvalue weighted by Crippen LogP contribution is -2.55. The van der Waals surface area contributed by atoms with Crippen molar-refractivity contribution in [2.75, 3.05) is 5.75 Å². The van der Waals surface area contributed by atoms with Gasteiger partial charge in [0, 0.05) is 17.8 Å². The van der Waals surface area contributed by atoms with E-state index in [0.717, 1.165) is 48.8 Å². The first-order chi connectivity index (χ1) is 16.9. The van der Waals surface area contributed by atoms with Gasteiger partial charge >= 0.3 is 6.09 Å². The first kappa shape index (κ1) is 28.4. The topological polar surface area (TPSA) is 87.7 Å². The molecular weight excluding hydrogens is 474 g/mol. The molecule has 3 amide bonds. The van der Waals surface area contributed by atoms with E-state index in [2.05, 4.69) is 30.2 Å². The van der Waals surface area contributed by atoms with E-state index in [0.29, 0.717) is 0 Å². The van der Waals surface area contributed by atoms with Gasteiger partial charge in [0.2, 0.25) is 11.8 Å². The molecule has 0 heterocycles. The maximum atomic E-state index is 14.0. The van der Waals surface area contributed by atoms with Crippen LogP contribution in [0.5, 0.6) is 0 Å². The highest BCUT2D eigenvalue weighted by atomic mass is 32.1. The highest BCUT2D eigenvalue weighted by Crippen LogP contribution is 2.41. The molecule has 2 aliphatic rings. The monoisotopic (exact) mass is 517 g/mol. The maximum absolute atomic E-state index is 14.0. The van der Waals surface area contributed by atoms with Crippen molar-refractivity contribution in [1.82, 2.24) is 15.5 Å². The largest absolute Gasteiger partial charge is 0.444 e. The van der Waals surface area contributed by atoms with Crippen molar-refractivity contribution in [3.63, 3.8) is 0 Å². The Kier molecular flexibility index (Phi) is 9.36. The van der Waals surface area contributed by atoms with Crippen molar-refractivity contribution in [2.45, 2.75) is 110 Å². The van der Waals surface area contributed by atoms with Gasteiger partial charge in [-0.15, -0.1) is 0 Å². The van der Waals surface area contributed by atoms with Gasteiger partial charge in [-0.2, -0.15) is 12.6 Å². The average Bonchev–Trinajstić information content (AvgIpc) is 3.52. The molecule has 4 atom stereocenters. The van der Waals surface area contributed by atoms with Crippen LogP contribution in [0.1, 0.15) is 89.0 Å². The van der Waals surface area contributed by atoms with Gasteiger partial charge in [0.25, 0.3) is 0 Å². The number of hydrogen-bond acceptors (Lipinski definition) is 5. The summed E-state index contributed by atoms with van der Waals surface area (Å²) >= 11 is 4.38. The number of benzene rings is 1. The van der Waals surface area contributed by atoms with E-state index in [9.17, 15) is 14.4 Å². The normalized spacial score (nSPS) is 21.8. The van der Waals surface area contributed by atoms with Crippen LogP contribution in [0.3, 0.4) is 0 Å². The molecule has 3 rings (SSSR count). The maximum Gasteiger partial charge on any atom is 0.408 e. The molecular formula is C28H43N3O4S. The quantitative estimate of drug-likeness (QED) is 0.430. The van der Waals surface area contributed by atoms with E-state index in [1.807, 2.05) is 32.0 Å². The molecule has 0 radical (unpaired) electrons. The number of nitrogens with one attached hydrogen (secondary N) is 2. The molecule has 0 aliphatic heterocycles. The van der Waals surface area contributed by atoms with E-state index < -0.39 is 23.8 Å². The van der Waals surface area contributed by atoms with Gasteiger partial charge in [0.05, 0.1) is 0 Å². The number of aryl methyl sites for hydroxylation is 2. The minimum Gasteiger partial charge on any atom is -0.444 e. The molecule has 0 aromatic heterocycles. The summed E-state index contributed by atoms with van der Waals surface area (Å²) in [4.78, 5) is 42.2. The van der Waals surface area contributed by atoms with Crippen LogP contribution in [0.25, 0.3) is 0 Å². The van der Waals surface area contributed by atoms with E-state index in [1.165, 1.54) is 6.42 Å². The van der Waals surface area contributed by atoms with Gasteiger partial charge in [-0.25, -0.2) is 4.79 Å². The Hall–Kier alpha value is -2.22. The smallest absolute Gasteiger partial charge is 0.408 e. The Balaban J connectivity index is 1.96. The third-order valence-electron chi connectivity index (χ3n) is 7.06. The fourth-order valence-electron chi connectivity index (χ4n) is 4.99. The molecule has 2 fully saturated rings. The van der Waals surface area contributed by atoms with E-state index in [-0.39, 0.29) is 35.6 Å². The fourth-order valence-corrected chi connectivity index (χ4v) is 5.23. The van der Waals surface area contributed by atoms with Crippen LogP contribution in [-0.2, 0) is 14.3 Å². The van der Waals surface area contributed by atoms with E-state index in [4.69, 9.17) is 4.74 Å². The molecule has 36 heavy (non-hydrogen) atoms. The second-order valence-electron chi connectivity index (χ2n) is 11.5. The Morgan fingerprint density at radius 3 is 2.33 bits per heavy atom. The Morgan fingerprint density at radius 2 is 1.78 bits per heavy atom. The molecule has 200 valence electrons. The number of carbonyl (C=O) groups excluding carboxylic acids is 3. The van der Waals surface area contributed by atoms with Crippen molar-refractivity contribution in [2.24, 2.45) is 5.92 Å². The highest BCUT2D eigenvalue weighted by Gasteiger charge is 2.48. The Morgan fingerprint density at radius 1 is 1.14 bits per heavy atom. The SMILES string of the molecule is Cc1ccc(C)c(C(C(=O)NC2CCCCC2)N(C(=O)C(CS)NC(=O)OC(C)(C)C)C2CC2C)c1. The number of alkyl carbamates (subject to hydrolysis) is 1. The first-order valence-corrected chi connectivity index (χ1v) is 13.8. The van der Waals surface area contributed by atoms with Crippen molar-refractivity contribution in [3.8, 4) is 0 Å². The summed E-state index contributed by atoms with van der Waals surface area (Å²) in [5.74, 6) is -0.0984. The Labute approximate surface area is 221 Å². The van der Waals surface area contributed by atoms with Crippen LogP contribution < -0.4 is 10.6 Å². The van der Waals surface area contributed by atoms with Gasteiger partial charge in [-0.1, -0.05) is 49.9 Å². The van der Waals surface area contributed by atoms with Gasteiger partial charge in [-0.3, -0.25) is 9.59 Å². The summed E-state index contributed by atoms with van der Waals surface area (Å²) < 4.78 is 5.39. The number of rotatable bonds is 8. The number of thiol groups is 1. The van der Waals surface area contributed by atoms with Crippen molar-refractivity contribution in [3.05, 3.63) is 34.9 Å². The lowest BCUT2D eigenvalue weighted by molar-refractivity contribution is -0.143. The zero-order valence-electron chi connectivity index (χ0n) is 22.6. The number of ether oxygens (including phenoxy) is 1. The number of nitrogens with zero attached hydrogens (tertiary/aromatic N) is 1. The minimum atomic E-state index is -0.911. The molecule has 0 spiro atoms. The summed E-state index contributed by atoms with van der Waals surface area (Å²) in [6.07, 6.45) is 5.45. The van der Waals surface area contributed by atoms with E-state index in [1.54, 1.807) is 25.7 Å². The zero-order valence-corrected chi connectivity index (χ0v) is 23.5. The van der Waals surface area contributed by atoms with Crippen LogP contribution in [0.15, 0.2) is 18.2 Å². The predicted molar refractivity (Wildman–Crippen MR) is 145 cm³/mol. The number of hydrogen-bond donors (Lipinski definition) is 3. The van der Waals surface area contributed by atoms with Crippen LogP contribution in [0.4, 0.5) is 4.79 Å². The van der Waals surface area contributed by atoms with Crippen LogP contribution in [-0.4, -0.2) is 52.3 Å². The molecule has 1 aromatic carbocycles. The van der Waals surface area contributed by atoms with Crippen molar-refractivity contribution >= 4 is 30.5 Å². The minimum absolute atomic E-state index is 0.0812. The molecule has 0 saturated heterocycles. The second-order valence-corrected chi connectivity index (χ2v) is 11.9. The fraction of sp³-hybridized carbons (Fsp3) is 0.679. The summed E-state index contributed by atoms with van der Waals surface area (Å²) in [7, 11) is 0. The molecule has 4 unspecified atom stereocenters. The van der Waals surface area contributed by atoms with E-state index >= 15 is 0 Å². The third-order valence-corrected chi connectivity index (χ3v) is 7.42. The molecule has 2 N–H and O–H groups in total.